The molecule has 0 saturated carbocycles. The van der Waals surface area contributed by atoms with E-state index in [0.29, 0.717) is 0 Å². The lowest BCUT2D eigenvalue weighted by Gasteiger charge is -2.17. The van der Waals surface area contributed by atoms with Crippen molar-refractivity contribution in [1.82, 2.24) is 0 Å². The molecule has 0 aliphatic heterocycles. The maximum atomic E-state index is 2.52. The highest BCUT2D eigenvalue weighted by atomic mass is 14.1. The van der Waals surface area contributed by atoms with Crippen molar-refractivity contribution in [3.63, 3.8) is 0 Å². The van der Waals surface area contributed by atoms with E-state index in [0.717, 1.165) is 11.8 Å². The zero-order valence-electron chi connectivity index (χ0n) is 13.4. The van der Waals surface area contributed by atoms with Crippen molar-refractivity contribution in [2.75, 3.05) is 0 Å². The van der Waals surface area contributed by atoms with Crippen molar-refractivity contribution >= 4 is 0 Å². The molecule has 0 N–H and O–H groups in total. The molecule has 2 aliphatic rings. The number of unbranched alkanes of at least 4 members (excludes halogenated alkanes) is 1. The molecule has 0 saturated heterocycles. The van der Waals surface area contributed by atoms with Crippen LogP contribution in [0.1, 0.15) is 89.9 Å². The summed E-state index contributed by atoms with van der Waals surface area (Å²) in [4.78, 5) is 0. The summed E-state index contributed by atoms with van der Waals surface area (Å²) in [6, 6.07) is 0. The van der Waals surface area contributed by atoms with E-state index >= 15 is 0 Å². The van der Waals surface area contributed by atoms with Gasteiger partial charge >= 0.3 is 0 Å². The molecule has 0 radical (unpaired) electrons. The quantitative estimate of drug-likeness (QED) is 0.381. The Labute approximate surface area is 126 Å². The molecule has 2 aliphatic carbocycles. The van der Waals surface area contributed by atoms with Crippen molar-refractivity contribution in [3.8, 4) is 0 Å². The summed E-state index contributed by atoms with van der Waals surface area (Å²) in [7, 11) is 0. The Hall–Kier alpha value is -0.520. The van der Waals surface area contributed by atoms with Gasteiger partial charge in [0.15, 0.2) is 0 Å². The standard InChI is InChI=1S/C20H34/c1-3-7-13-19(14-8-4-1)17-11-12-18-20-15-9-5-2-6-10-16-20/h7,9,13,15,19-20H,1-6,8,10-12,14,16-18H2/b13-7-,15-9-. The fraction of sp³-hybridized carbons (Fsp3) is 0.800. The molecule has 0 amide bonds. The molecule has 0 aromatic heterocycles. The minimum absolute atomic E-state index is 0.892. The zero-order chi connectivity index (χ0) is 13.9. The highest BCUT2D eigenvalue weighted by Crippen LogP contribution is 2.25. The van der Waals surface area contributed by atoms with Crippen LogP contribution >= 0.6 is 0 Å². The highest BCUT2D eigenvalue weighted by Gasteiger charge is 2.09. The zero-order valence-corrected chi connectivity index (χ0v) is 13.4. The Balaban J connectivity index is 1.59. The Morgan fingerprint density at radius 2 is 1.10 bits per heavy atom. The van der Waals surface area contributed by atoms with Gasteiger partial charge in [-0.15, -0.1) is 0 Å². The van der Waals surface area contributed by atoms with Gasteiger partial charge in [-0.3, -0.25) is 0 Å². The van der Waals surface area contributed by atoms with Crippen LogP contribution in [0.15, 0.2) is 24.3 Å². The second-order valence-corrected chi connectivity index (χ2v) is 6.94. The number of hydrogen-bond donors (Lipinski definition) is 0. The summed E-state index contributed by atoms with van der Waals surface area (Å²) in [5.41, 5.74) is 0. The SMILES string of the molecule is C1=C\C(CCCCC2/C=C\CCCCC2)CCCCC/1. The van der Waals surface area contributed by atoms with E-state index in [9.17, 15) is 0 Å². The van der Waals surface area contributed by atoms with Gasteiger partial charge in [-0.25, -0.2) is 0 Å². The minimum atomic E-state index is 0.892. The monoisotopic (exact) mass is 274 g/mol. The lowest BCUT2D eigenvalue weighted by molar-refractivity contribution is 0.433. The van der Waals surface area contributed by atoms with Crippen molar-refractivity contribution in [1.29, 1.82) is 0 Å². The first-order valence-electron chi connectivity index (χ1n) is 9.28. The van der Waals surface area contributed by atoms with Gasteiger partial charge < -0.3 is 0 Å². The summed E-state index contributed by atoms with van der Waals surface area (Å²) >= 11 is 0. The summed E-state index contributed by atoms with van der Waals surface area (Å²) in [5, 5.41) is 0. The molecule has 0 heterocycles. The van der Waals surface area contributed by atoms with Gasteiger partial charge in [0, 0.05) is 0 Å². The predicted molar refractivity (Wildman–Crippen MR) is 89.9 cm³/mol. The van der Waals surface area contributed by atoms with Crippen molar-refractivity contribution in [2.24, 2.45) is 11.8 Å². The summed E-state index contributed by atoms with van der Waals surface area (Å²) in [6.07, 6.45) is 29.9. The molecular weight excluding hydrogens is 240 g/mol. The van der Waals surface area contributed by atoms with Crippen LogP contribution in [0.2, 0.25) is 0 Å². The van der Waals surface area contributed by atoms with Gasteiger partial charge in [-0.1, -0.05) is 62.8 Å². The number of hydrogen-bond acceptors (Lipinski definition) is 0. The topological polar surface area (TPSA) is 0 Å². The van der Waals surface area contributed by atoms with Crippen LogP contribution in [0.5, 0.6) is 0 Å². The van der Waals surface area contributed by atoms with Crippen molar-refractivity contribution in [2.45, 2.75) is 89.9 Å². The fourth-order valence-corrected chi connectivity index (χ4v) is 3.75. The van der Waals surface area contributed by atoms with Gasteiger partial charge in [0.1, 0.15) is 0 Å². The third kappa shape index (κ3) is 6.77. The Morgan fingerprint density at radius 1 is 0.600 bits per heavy atom. The Bertz CT molecular complexity index is 256. The van der Waals surface area contributed by atoms with Crippen LogP contribution in [-0.2, 0) is 0 Å². The minimum Gasteiger partial charge on any atom is -0.0883 e. The molecule has 2 unspecified atom stereocenters. The molecule has 0 heteroatoms. The lowest BCUT2D eigenvalue weighted by Crippen LogP contribution is -2.02. The lowest BCUT2D eigenvalue weighted by atomic mass is 9.89. The van der Waals surface area contributed by atoms with E-state index in [1.54, 1.807) is 0 Å². The predicted octanol–water partition coefficient (Wildman–Crippen LogP) is 6.82. The maximum Gasteiger partial charge on any atom is -0.0234 e. The van der Waals surface area contributed by atoms with Gasteiger partial charge in [-0.2, -0.15) is 0 Å². The van der Waals surface area contributed by atoms with E-state index in [4.69, 9.17) is 0 Å². The average Bonchev–Trinajstić information content (AvgIpc) is 2.38. The molecule has 0 bridgehead atoms. The van der Waals surface area contributed by atoms with Gasteiger partial charge in [-0.05, 0) is 63.2 Å². The van der Waals surface area contributed by atoms with Crippen molar-refractivity contribution in [3.05, 3.63) is 24.3 Å². The largest absolute Gasteiger partial charge is 0.0883 e. The van der Waals surface area contributed by atoms with E-state index in [2.05, 4.69) is 24.3 Å². The van der Waals surface area contributed by atoms with Crippen LogP contribution in [0.25, 0.3) is 0 Å². The molecule has 0 nitrogen and oxygen atoms in total. The molecule has 0 aromatic rings. The van der Waals surface area contributed by atoms with Crippen LogP contribution in [0.4, 0.5) is 0 Å². The molecule has 2 rings (SSSR count). The third-order valence-corrected chi connectivity index (χ3v) is 5.11. The molecule has 114 valence electrons. The third-order valence-electron chi connectivity index (χ3n) is 5.11. The molecule has 2 atom stereocenters. The van der Waals surface area contributed by atoms with E-state index in [-0.39, 0.29) is 0 Å². The Morgan fingerprint density at radius 3 is 1.60 bits per heavy atom. The summed E-state index contributed by atoms with van der Waals surface area (Å²) in [6.45, 7) is 0. The van der Waals surface area contributed by atoms with Crippen LogP contribution in [-0.4, -0.2) is 0 Å². The summed E-state index contributed by atoms with van der Waals surface area (Å²) in [5.74, 6) is 1.78. The van der Waals surface area contributed by atoms with E-state index < -0.39 is 0 Å². The molecular formula is C20H34. The first-order chi connectivity index (χ1) is 9.95. The van der Waals surface area contributed by atoms with E-state index in [1.807, 2.05) is 0 Å². The second kappa shape index (κ2) is 10.2. The van der Waals surface area contributed by atoms with Crippen molar-refractivity contribution < 1.29 is 0 Å². The normalized spacial score (nSPS) is 31.6. The first kappa shape index (κ1) is 15.9. The maximum absolute atomic E-state index is 2.52. The second-order valence-electron chi connectivity index (χ2n) is 6.94. The molecule has 0 spiro atoms. The number of rotatable bonds is 5. The van der Waals surface area contributed by atoms with Crippen LogP contribution < -0.4 is 0 Å². The fourth-order valence-electron chi connectivity index (χ4n) is 3.75. The van der Waals surface area contributed by atoms with E-state index in [1.165, 1.54) is 89.9 Å². The van der Waals surface area contributed by atoms with Gasteiger partial charge in [0.05, 0.1) is 0 Å². The van der Waals surface area contributed by atoms with Gasteiger partial charge in [0.25, 0.3) is 0 Å². The van der Waals surface area contributed by atoms with Crippen LogP contribution in [0.3, 0.4) is 0 Å². The highest BCUT2D eigenvalue weighted by molar-refractivity contribution is 4.91. The molecule has 0 aromatic carbocycles. The van der Waals surface area contributed by atoms with Gasteiger partial charge in [0.2, 0.25) is 0 Å². The Kier molecular flexibility index (Phi) is 8.12. The number of allylic oxidation sites excluding steroid dienone is 4. The summed E-state index contributed by atoms with van der Waals surface area (Å²) < 4.78 is 0. The molecule has 0 fully saturated rings. The average molecular weight is 274 g/mol. The first-order valence-corrected chi connectivity index (χ1v) is 9.28. The molecule has 20 heavy (non-hydrogen) atoms. The van der Waals surface area contributed by atoms with Crippen LogP contribution in [0, 0.1) is 11.8 Å². The smallest absolute Gasteiger partial charge is 0.0234 e.